The number of nitrogens with zero attached hydrogens (tertiary/aromatic N) is 2. The molecule has 4 heteroatoms. The standard InChI is InChI=1S/C13H22N2O2/c1-5-6-7-15-12(17)10(9-16)8-11(14-15)13(2,3)4/h8,16H,5-7,9H2,1-4H3. The van der Waals surface area contributed by atoms with Crippen molar-refractivity contribution < 1.29 is 5.11 Å². The van der Waals surface area contributed by atoms with Crippen molar-refractivity contribution in [3.63, 3.8) is 0 Å². The van der Waals surface area contributed by atoms with Crippen molar-refractivity contribution in [2.24, 2.45) is 0 Å². The Kier molecular flexibility index (Phi) is 4.46. The molecular formula is C13H22N2O2. The molecule has 4 nitrogen and oxygen atoms in total. The SMILES string of the molecule is CCCCn1nc(C(C)(C)C)cc(CO)c1=O. The van der Waals surface area contributed by atoms with Crippen LogP contribution in [0.15, 0.2) is 10.9 Å². The summed E-state index contributed by atoms with van der Waals surface area (Å²) < 4.78 is 1.48. The predicted molar refractivity (Wildman–Crippen MR) is 68.0 cm³/mol. The number of rotatable bonds is 4. The van der Waals surface area contributed by atoms with Crippen LogP contribution < -0.4 is 5.56 Å². The molecule has 1 rings (SSSR count). The molecule has 0 unspecified atom stereocenters. The largest absolute Gasteiger partial charge is 0.391 e. The summed E-state index contributed by atoms with van der Waals surface area (Å²) in [5, 5.41) is 13.6. The van der Waals surface area contributed by atoms with Crippen molar-refractivity contribution in [3.8, 4) is 0 Å². The molecule has 17 heavy (non-hydrogen) atoms. The van der Waals surface area contributed by atoms with E-state index < -0.39 is 0 Å². The molecule has 0 spiro atoms. The summed E-state index contributed by atoms with van der Waals surface area (Å²) in [5.41, 5.74) is 0.984. The van der Waals surface area contributed by atoms with E-state index in [1.807, 2.05) is 20.8 Å². The lowest BCUT2D eigenvalue weighted by Crippen LogP contribution is -2.30. The van der Waals surface area contributed by atoms with Crippen molar-refractivity contribution in [1.82, 2.24) is 9.78 Å². The molecule has 0 fully saturated rings. The van der Waals surface area contributed by atoms with Crippen molar-refractivity contribution >= 4 is 0 Å². The number of aryl methyl sites for hydroxylation is 1. The molecule has 0 bridgehead atoms. The van der Waals surface area contributed by atoms with E-state index in [4.69, 9.17) is 0 Å². The third-order valence-electron chi connectivity index (χ3n) is 2.71. The number of hydrogen-bond acceptors (Lipinski definition) is 3. The second-order valence-electron chi connectivity index (χ2n) is 5.34. The first kappa shape index (κ1) is 13.9. The average Bonchev–Trinajstić information content (AvgIpc) is 2.26. The van der Waals surface area contributed by atoms with Crippen LogP contribution in [-0.2, 0) is 18.6 Å². The normalized spacial score (nSPS) is 11.8. The van der Waals surface area contributed by atoms with Crippen LogP contribution in [0.3, 0.4) is 0 Å². The highest BCUT2D eigenvalue weighted by Crippen LogP contribution is 2.19. The van der Waals surface area contributed by atoms with Crippen molar-refractivity contribution in [1.29, 1.82) is 0 Å². The van der Waals surface area contributed by atoms with Gasteiger partial charge in [0.05, 0.1) is 12.3 Å². The van der Waals surface area contributed by atoms with E-state index in [9.17, 15) is 9.90 Å². The minimum absolute atomic E-state index is 0.119. The summed E-state index contributed by atoms with van der Waals surface area (Å²) in [5.74, 6) is 0. The molecule has 1 heterocycles. The van der Waals surface area contributed by atoms with Crippen molar-refractivity contribution in [2.45, 2.75) is 59.1 Å². The minimum atomic E-state index is -0.226. The summed E-state index contributed by atoms with van der Waals surface area (Å²) >= 11 is 0. The second kappa shape index (κ2) is 5.45. The fourth-order valence-corrected chi connectivity index (χ4v) is 1.54. The van der Waals surface area contributed by atoms with Gasteiger partial charge in [-0.3, -0.25) is 4.79 Å². The lowest BCUT2D eigenvalue weighted by molar-refractivity contribution is 0.277. The molecule has 1 N–H and O–H groups in total. The predicted octanol–water partition coefficient (Wildman–Crippen LogP) is 1.83. The third kappa shape index (κ3) is 3.40. The van der Waals surface area contributed by atoms with E-state index in [0.29, 0.717) is 12.1 Å². The maximum Gasteiger partial charge on any atom is 0.272 e. The molecule has 0 saturated heterocycles. The molecule has 96 valence electrons. The maximum absolute atomic E-state index is 11.9. The van der Waals surface area contributed by atoms with Gasteiger partial charge in [-0.15, -0.1) is 0 Å². The minimum Gasteiger partial charge on any atom is -0.391 e. The zero-order chi connectivity index (χ0) is 13.1. The molecule has 0 aliphatic carbocycles. The van der Waals surface area contributed by atoms with Crippen molar-refractivity contribution in [2.75, 3.05) is 0 Å². The van der Waals surface area contributed by atoms with Gasteiger partial charge in [-0.1, -0.05) is 34.1 Å². The Balaban J connectivity index is 3.24. The number of aliphatic hydroxyl groups is 1. The van der Waals surface area contributed by atoms with E-state index in [1.54, 1.807) is 6.07 Å². The topological polar surface area (TPSA) is 55.1 Å². The van der Waals surface area contributed by atoms with E-state index >= 15 is 0 Å². The van der Waals surface area contributed by atoms with E-state index in [-0.39, 0.29) is 17.6 Å². The molecule has 0 aliphatic rings. The second-order valence-corrected chi connectivity index (χ2v) is 5.34. The summed E-state index contributed by atoms with van der Waals surface area (Å²) in [6.07, 6.45) is 1.94. The van der Waals surface area contributed by atoms with E-state index in [1.165, 1.54) is 4.68 Å². The summed E-state index contributed by atoms with van der Waals surface area (Å²) in [7, 11) is 0. The van der Waals surface area contributed by atoms with Gasteiger partial charge in [0.1, 0.15) is 0 Å². The molecule has 1 aromatic heterocycles. The Morgan fingerprint density at radius 3 is 2.53 bits per heavy atom. The maximum atomic E-state index is 11.9. The number of aromatic nitrogens is 2. The molecule has 0 saturated carbocycles. The zero-order valence-electron chi connectivity index (χ0n) is 11.2. The Morgan fingerprint density at radius 1 is 1.41 bits per heavy atom. The smallest absolute Gasteiger partial charge is 0.272 e. The Hall–Kier alpha value is -1.16. The van der Waals surface area contributed by atoms with Gasteiger partial charge in [-0.2, -0.15) is 5.10 Å². The summed E-state index contributed by atoms with van der Waals surface area (Å²) in [6.45, 7) is 8.61. The molecule has 0 aromatic carbocycles. The van der Waals surface area contributed by atoms with Crippen LogP contribution in [-0.4, -0.2) is 14.9 Å². The average molecular weight is 238 g/mol. The monoisotopic (exact) mass is 238 g/mol. The molecule has 0 aliphatic heterocycles. The van der Waals surface area contributed by atoms with Crippen molar-refractivity contribution in [3.05, 3.63) is 27.7 Å². The van der Waals surface area contributed by atoms with Gasteiger partial charge >= 0.3 is 0 Å². The van der Waals surface area contributed by atoms with Crippen LogP contribution in [0.4, 0.5) is 0 Å². The molecule has 0 atom stereocenters. The lowest BCUT2D eigenvalue weighted by Gasteiger charge is -2.19. The Bertz CT molecular complexity index is 430. The molecular weight excluding hydrogens is 216 g/mol. The quantitative estimate of drug-likeness (QED) is 0.870. The van der Waals surface area contributed by atoms with Crippen LogP contribution in [0.1, 0.15) is 51.8 Å². The first-order valence-electron chi connectivity index (χ1n) is 6.12. The van der Waals surface area contributed by atoms with Gasteiger partial charge in [0, 0.05) is 17.5 Å². The lowest BCUT2D eigenvalue weighted by atomic mass is 9.91. The van der Waals surface area contributed by atoms with Gasteiger partial charge in [0.15, 0.2) is 0 Å². The third-order valence-corrected chi connectivity index (χ3v) is 2.71. The molecule has 1 aromatic rings. The van der Waals surface area contributed by atoms with Gasteiger partial charge in [0.25, 0.3) is 5.56 Å². The molecule has 0 radical (unpaired) electrons. The zero-order valence-corrected chi connectivity index (χ0v) is 11.2. The highest BCUT2D eigenvalue weighted by atomic mass is 16.3. The number of hydrogen-bond donors (Lipinski definition) is 1. The van der Waals surface area contributed by atoms with Crippen LogP contribution >= 0.6 is 0 Å². The summed E-state index contributed by atoms with van der Waals surface area (Å²) in [6, 6.07) is 1.71. The fraction of sp³-hybridized carbons (Fsp3) is 0.692. The van der Waals surface area contributed by atoms with Crippen LogP contribution in [0.5, 0.6) is 0 Å². The first-order chi connectivity index (χ1) is 7.90. The van der Waals surface area contributed by atoms with E-state index in [2.05, 4.69) is 12.0 Å². The first-order valence-corrected chi connectivity index (χ1v) is 6.12. The van der Waals surface area contributed by atoms with Gasteiger partial charge in [-0.05, 0) is 12.5 Å². The van der Waals surface area contributed by atoms with Crippen LogP contribution in [0.25, 0.3) is 0 Å². The highest BCUT2D eigenvalue weighted by molar-refractivity contribution is 5.18. The molecule has 0 amide bonds. The van der Waals surface area contributed by atoms with E-state index in [0.717, 1.165) is 18.5 Å². The Labute approximate surface area is 102 Å². The summed E-state index contributed by atoms with van der Waals surface area (Å²) in [4.78, 5) is 11.9. The van der Waals surface area contributed by atoms with Gasteiger partial charge in [-0.25, -0.2) is 4.68 Å². The fourth-order valence-electron chi connectivity index (χ4n) is 1.54. The highest BCUT2D eigenvalue weighted by Gasteiger charge is 2.18. The Morgan fingerprint density at radius 2 is 2.06 bits per heavy atom. The van der Waals surface area contributed by atoms with Gasteiger partial charge in [0.2, 0.25) is 0 Å². The van der Waals surface area contributed by atoms with Gasteiger partial charge < -0.3 is 5.11 Å². The van der Waals surface area contributed by atoms with Crippen LogP contribution in [0.2, 0.25) is 0 Å². The number of aliphatic hydroxyl groups excluding tert-OH is 1. The number of unbranched alkanes of at least 4 members (excludes halogenated alkanes) is 1. The van der Waals surface area contributed by atoms with Crippen LogP contribution in [0, 0.1) is 0 Å².